The fourth-order valence-electron chi connectivity index (χ4n) is 1.96. The molecule has 0 saturated carbocycles. The molecule has 0 radical (unpaired) electrons. The second kappa shape index (κ2) is 5.30. The van der Waals surface area contributed by atoms with Gasteiger partial charge in [-0.15, -0.1) is 0 Å². The van der Waals surface area contributed by atoms with Crippen molar-refractivity contribution in [1.29, 1.82) is 0 Å². The SMILES string of the molecule is COc1ccccc1CN[C@@H]1CNC[C@H]1O. The molecule has 0 amide bonds. The number of aliphatic hydroxyl groups excluding tert-OH is 1. The van der Waals surface area contributed by atoms with Gasteiger partial charge in [-0.3, -0.25) is 0 Å². The fraction of sp³-hybridized carbons (Fsp3) is 0.500. The highest BCUT2D eigenvalue weighted by Gasteiger charge is 2.24. The van der Waals surface area contributed by atoms with Crippen LogP contribution in [-0.4, -0.2) is 37.5 Å². The Balaban J connectivity index is 1.93. The monoisotopic (exact) mass is 222 g/mol. The van der Waals surface area contributed by atoms with Crippen LogP contribution in [0.1, 0.15) is 5.56 Å². The zero-order valence-electron chi connectivity index (χ0n) is 9.44. The largest absolute Gasteiger partial charge is 0.496 e. The molecule has 0 unspecified atom stereocenters. The number of benzene rings is 1. The van der Waals surface area contributed by atoms with E-state index in [1.807, 2.05) is 24.3 Å². The minimum atomic E-state index is -0.297. The third-order valence-corrected chi connectivity index (χ3v) is 2.93. The van der Waals surface area contributed by atoms with E-state index in [4.69, 9.17) is 4.74 Å². The van der Waals surface area contributed by atoms with Gasteiger partial charge in [0.05, 0.1) is 13.2 Å². The third-order valence-electron chi connectivity index (χ3n) is 2.93. The molecule has 1 aromatic carbocycles. The molecule has 1 aromatic rings. The Bertz CT molecular complexity index is 344. The molecule has 0 spiro atoms. The van der Waals surface area contributed by atoms with Gasteiger partial charge in [0.1, 0.15) is 5.75 Å². The molecule has 3 N–H and O–H groups in total. The molecular weight excluding hydrogens is 204 g/mol. The van der Waals surface area contributed by atoms with Gasteiger partial charge >= 0.3 is 0 Å². The number of ether oxygens (including phenoxy) is 1. The Labute approximate surface area is 95.6 Å². The van der Waals surface area contributed by atoms with E-state index in [9.17, 15) is 5.11 Å². The van der Waals surface area contributed by atoms with Crippen molar-refractivity contribution in [2.24, 2.45) is 0 Å². The first-order valence-corrected chi connectivity index (χ1v) is 5.55. The summed E-state index contributed by atoms with van der Waals surface area (Å²) >= 11 is 0. The zero-order chi connectivity index (χ0) is 11.4. The molecule has 0 bridgehead atoms. The summed E-state index contributed by atoms with van der Waals surface area (Å²) in [4.78, 5) is 0. The lowest BCUT2D eigenvalue weighted by Crippen LogP contribution is -2.38. The number of hydrogen-bond acceptors (Lipinski definition) is 4. The van der Waals surface area contributed by atoms with Gasteiger partial charge in [0, 0.05) is 31.2 Å². The van der Waals surface area contributed by atoms with Gasteiger partial charge in [-0.1, -0.05) is 18.2 Å². The van der Waals surface area contributed by atoms with Crippen molar-refractivity contribution >= 4 is 0 Å². The molecule has 88 valence electrons. The Morgan fingerprint density at radius 2 is 2.25 bits per heavy atom. The van der Waals surface area contributed by atoms with Gasteiger partial charge < -0.3 is 20.5 Å². The maximum Gasteiger partial charge on any atom is 0.123 e. The first-order valence-electron chi connectivity index (χ1n) is 5.55. The first-order chi connectivity index (χ1) is 7.81. The average molecular weight is 222 g/mol. The number of methoxy groups -OCH3 is 1. The van der Waals surface area contributed by atoms with Crippen LogP contribution in [0.15, 0.2) is 24.3 Å². The summed E-state index contributed by atoms with van der Waals surface area (Å²) in [5, 5.41) is 16.1. The van der Waals surface area contributed by atoms with Crippen molar-refractivity contribution in [3.05, 3.63) is 29.8 Å². The predicted molar refractivity (Wildman–Crippen MR) is 62.5 cm³/mol. The van der Waals surface area contributed by atoms with E-state index in [2.05, 4.69) is 10.6 Å². The summed E-state index contributed by atoms with van der Waals surface area (Å²) in [5.41, 5.74) is 1.11. The van der Waals surface area contributed by atoms with Gasteiger partial charge in [-0.2, -0.15) is 0 Å². The summed E-state index contributed by atoms with van der Waals surface area (Å²) in [5.74, 6) is 0.885. The molecule has 2 atom stereocenters. The van der Waals surface area contributed by atoms with Crippen LogP contribution in [0.5, 0.6) is 5.75 Å². The van der Waals surface area contributed by atoms with E-state index in [0.717, 1.165) is 17.9 Å². The van der Waals surface area contributed by atoms with Gasteiger partial charge in [-0.05, 0) is 6.07 Å². The number of aliphatic hydroxyl groups is 1. The van der Waals surface area contributed by atoms with Crippen molar-refractivity contribution in [3.8, 4) is 5.75 Å². The highest BCUT2D eigenvalue weighted by molar-refractivity contribution is 5.33. The van der Waals surface area contributed by atoms with Crippen LogP contribution in [0.3, 0.4) is 0 Å². The van der Waals surface area contributed by atoms with Crippen LogP contribution >= 0.6 is 0 Å². The first kappa shape index (κ1) is 11.4. The van der Waals surface area contributed by atoms with Crippen LogP contribution < -0.4 is 15.4 Å². The Morgan fingerprint density at radius 3 is 2.94 bits per heavy atom. The third kappa shape index (κ3) is 2.52. The minimum Gasteiger partial charge on any atom is -0.496 e. The maximum atomic E-state index is 9.64. The van der Waals surface area contributed by atoms with Crippen LogP contribution in [0, 0.1) is 0 Å². The van der Waals surface area contributed by atoms with Crippen LogP contribution in [-0.2, 0) is 6.54 Å². The summed E-state index contributed by atoms with van der Waals surface area (Å²) in [6, 6.07) is 8.04. The van der Waals surface area contributed by atoms with Crippen molar-refractivity contribution in [2.75, 3.05) is 20.2 Å². The quantitative estimate of drug-likeness (QED) is 0.677. The van der Waals surface area contributed by atoms with Crippen molar-refractivity contribution in [2.45, 2.75) is 18.7 Å². The van der Waals surface area contributed by atoms with Crippen LogP contribution in [0.2, 0.25) is 0 Å². The number of β-amino-alcohol motifs (C(OH)–C–C–N with tert-alkyl or cyclic N) is 1. The molecule has 1 aliphatic heterocycles. The molecule has 4 nitrogen and oxygen atoms in total. The number of hydrogen-bond donors (Lipinski definition) is 3. The molecule has 1 aliphatic rings. The van der Waals surface area contributed by atoms with E-state index in [0.29, 0.717) is 13.1 Å². The molecule has 1 heterocycles. The van der Waals surface area contributed by atoms with E-state index in [1.165, 1.54) is 0 Å². The summed E-state index contributed by atoms with van der Waals surface area (Å²) < 4.78 is 5.27. The summed E-state index contributed by atoms with van der Waals surface area (Å²) in [7, 11) is 1.67. The van der Waals surface area contributed by atoms with Crippen LogP contribution in [0.25, 0.3) is 0 Å². The molecule has 0 aliphatic carbocycles. The van der Waals surface area contributed by atoms with Gasteiger partial charge in [0.15, 0.2) is 0 Å². The minimum absolute atomic E-state index is 0.130. The zero-order valence-corrected chi connectivity index (χ0v) is 9.44. The van der Waals surface area contributed by atoms with Gasteiger partial charge in [-0.25, -0.2) is 0 Å². The average Bonchev–Trinajstić information content (AvgIpc) is 2.72. The van der Waals surface area contributed by atoms with E-state index in [1.54, 1.807) is 7.11 Å². The Morgan fingerprint density at radius 1 is 1.44 bits per heavy atom. The lowest BCUT2D eigenvalue weighted by Gasteiger charge is -2.16. The second-order valence-electron chi connectivity index (χ2n) is 4.02. The number of nitrogens with one attached hydrogen (secondary N) is 2. The van der Waals surface area contributed by atoms with Crippen molar-refractivity contribution < 1.29 is 9.84 Å². The summed E-state index contributed by atoms with van der Waals surface area (Å²) in [6.07, 6.45) is -0.297. The molecule has 2 rings (SSSR count). The lowest BCUT2D eigenvalue weighted by molar-refractivity contribution is 0.162. The highest BCUT2D eigenvalue weighted by atomic mass is 16.5. The molecule has 1 saturated heterocycles. The Kier molecular flexibility index (Phi) is 3.77. The smallest absolute Gasteiger partial charge is 0.123 e. The highest BCUT2D eigenvalue weighted by Crippen LogP contribution is 2.17. The standard InChI is InChI=1S/C12H18N2O2/c1-16-12-5-3-2-4-9(12)6-14-10-7-13-8-11(10)15/h2-5,10-11,13-15H,6-8H2,1H3/t10-,11-/m1/s1. The van der Waals surface area contributed by atoms with Crippen molar-refractivity contribution in [1.82, 2.24) is 10.6 Å². The van der Waals surface area contributed by atoms with E-state index >= 15 is 0 Å². The molecule has 16 heavy (non-hydrogen) atoms. The molecular formula is C12H18N2O2. The molecule has 4 heteroatoms. The molecule has 1 fully saturated rings. The number of rotatable bonds is 4. The predicted octanol–water partition coefficient (Wildman–Crippen LogP) is 0.117. The molecule has 0 aromatic heterocycles. The van der Waals surface area contributed by atoms with E-state index in [-0.39, 0.29) is 12.1 Å². The van der Waals surface area contributed by atoms with Gasteiger partial charge in [0.2, 0.25) is 0 Å². The normalized spacial score (nSPS) is 24.6. The second-order valence-corrected chi connectivity index (χ2v) is 4.02. The topological polar surface area (TPSA) is 53.5 Å². The number of para-hydroxylation sites is 1. The van der Waals surface area contributed by atoms with E-state index < -0.39 is 0 Å². The van der Waals surface area contributed by atoms with Gasteiger partial charge in [0.25, 0.3) is 0 Å². The van der Waals surface area contributed by atoms with Crippen molar-refractivity contribution in [3.63, 3.8) is 0 Å². The maximum absolute atomic E-state index is 9.64. The summed E-state index contributed by atoms with van der Waals surface area (Å²) in [6.45, 7) is 2.20. The Hall–Kier alpha value is -1.10. The lowest BCUT2D eigenvalue weighted by atomic mass is 10.1. The fourth-order valence-corrected chi connectivity index (χ4v) is 1.96. The van der Waals surface area contributed by atoms with Crippen LogP contribution in [0.4, 0.5) is 0 Å².